The van der Waals surface area contributed by atoms with Crippen LogP contribution in [0.2, 0.25) is 0 Å². The lowest BCUT2D eigenvalue weighted by atomic mass is 9.45. The summed E-state index contributed by atoms with van der Waals surface area (Å²) in [7, 11) is 0. The summed E-state index contributed by atoms with van der Waals surface area (Å²) >= 11 is 0. The first-order chi connectivity index (χ1) is 16.2. The van der Waals surface area contributed by atoms with E-state index in [1.54, 1.807) is 0 Å². The van der Waals surface area contributed by atoms with Crippen molar-refractivity contribution in [2.75, 3.05) is 6.61 Å². The Hall–Kier alpha value is -2.28. The van der Waals surface area contributed by atoms with Crippen LogP contribution in [0.1, 0.15) is 57.2 Å². The first-order valence-electron chi connectivity index (χ1n) is 12.6. The fourth-order valence-electron chi connectivity index (χ4n) is 8.49. The van der Waals surface area contributed by atoms with E-state index in [0.717, 1.165) is 37.1 Å². The number of carbonyl (C=O) groups excluding carboxylic acids is 1. The fourth-order valence-corrected chi connectivity index (χ4v) is 8.49. The van der Waals surface area contributed by atoms with Crippen molar-refractivity contribution >= 4 is 11.9 Å². The average Bonchev–Trinajstić information content (AvgIpc) is 3.35. The maximum atomic E-state index is 12.6. The Bertz CT molecular complexity index is 1170. The van der Waals surface area contributed by atoms with Gasteiger partial charge in [0.15, 0.2) is 5.78 Å². The molecule has 180 valence electrons. The average molecular weight is 463 g/mol. The van der Waals surface area contributed by atoms with Gasteiger partial charge in [-0.3, -0.25) is 4.79 Å². The molecule has 6 rings (SSSR count). The summed E-state index contributed by atoms with van der Waals surface area (Å²) in [6, 6.07) is 10.1. The number of hydrogen-bond donors (Lipinski definition) is 3. The number of nitrogens with zero attached hydrogens (tertiary/aromatic N) is 2. The molecule has 34 heavy (non-hydrogen) atoms. The van der Waals surface area contributed by atoms with Crippen LogP contribution in [0.4, 0.5) is 0 Å². The van der Waals surface area contributed by atoms with E-state index in [1.807, 2.05) is 29.8 Å². The maximum Gasteiger partial charge on any atom is 0.190 e. The molecule has 3 saturated carbocycles. The van der Waals surface area contributed by atoms with Gasteiger partial charge in [0.2, 0.25) is 0 Å². The summed E-state index contributed by atoms with van der Waals surface area (Å²) in [6.45, 7) is 3.61. The number of aliphatic hydroxyl groups is 3. The Labute approximate surface area is 200 Å². The van der Waals surface area contributed by atoms with Crippen molar-refractivity contribution in [3.63, 3.8) is 0 Å². The Morgan fingerprint density at radius 3 is 2.71 bits per heavy atom. The predicted molar refractivity (Wildman–Crippen MR) is 128 cm³/mol. The van der Waals surface area contributed by atoms with Gasteiger partial charge >= 0.3 is 0 Å². The Morgan fingerprint density at radius 1 is 1.21 bits per heavy atom. The number of Topliss-reactive ketones (excluding diaryl/α,β-unsaturated/α-hetero) is 1. The number of hydrogen-bond acceptors (Lipinski definition) is 5. The van der Waals surface area contributed by atoms with Gasteiger partial charge in [-0.15, -0.1) is 0 Å². The van der Waals surface area contributed by atoms with E-state index in [1.165, 1.54) is 11.1 Å². The Kier molecular flexibility index (Phi) is 4.81. The molecule has 0 radical (unpaired) electrons. The van der Waals surface area contributed by atoms with Gasteiger partial charge in [-0.25, -0.2) is 4.68 Å². The van der Waals surface area contributed by atoms with Crippen LogP contribution in [-0.2, 0) is 11.2 Å². The van der Waals surface area contributed by atoms with Crippen molar-refractivity contribution in [2.24, 2.45) is 28.6 Å². The van der Waals surface area contributed by atoms with E-state index >= 15 is 0 Å². The highest BCUT2D eigenvalue weighted by Crippen LogP contribution is 2.67. The third kappa shape index (κ3) is 2.79. The second-order valence-corrected chi connectivity index (χ2v) is 11.6. The molecule has 3 fully saturated rings. The van der Waals surface area contributed by atoms with Crippen molar-refractivity contribution in [3.05, 3.63) is 53.4 Å². The van der Waals surface area contributed by atoms with Crippen LogP contribution < -0.4 is 0 Å². The van der Waals surface area contributed by atoms with E-state index in [2.05, 4.69) is 31.3 Å². The van der Waals surface area contributed by atoms with Crippen LogP contribution in [0.5, 0.6) is 0 Å². The quantitative estimate of drug-likeness (QED) is 0.650. The van der Waals surface area contributed by atoms with Crippen molar-refractivity contribution in [1.29, 1.82) is 0 Å². The standard InChI is InChI=1S/C28H34N2O4/c1-26-13-17-15-30(19-6-4-3-5-7-19)29-22(17)12-18(26)8-9-20-21-10-11-28(34,24(33)16-31)27(21,2)14-23(32)25(20)26/h3-7,12,15,20-21,23,25,31-32,34H,8-11,13-14,16H2,1-2H3/t20-,21-,23-,25+,26-,27-,28-/m0/s1. The van der Waals surface area contributed by atoms with E-state index in [0.29, 0.717) is 12.8 Å². The molecule has 4 aliphatic carbocycles. The van der Waals surface area contributed by atoms with Gasteiger partial charge in [-0.2, -0.15) is 5.10 Å². The van der Waals surface area contributed by atoms with Gasteiger partial charge in [0.05, 0.1) is 17.5 Å². The minimum absolute atomic E-state index is 0.0744. The first-order valence-corrected chi connectivity index (χ1v) is 12.6. The number of benzene rings is 1. The SMILES string of the molecule is C[C@]12Cc3cn(-c4ccccc4)nc3C=C1CC[C@@H]1[C@@H]2[C@@H](O)C[C@@]2(C)[C@H]1CC[C@]2(O)C(=O)CO. The highest BCUT2D eigenvalue weighted by Gasteiger charge is 2.68. The Morgan fingerprint density at radius 2 is 1.97 bits per heavy atom. The fraction of sp³-hybridized carbons (Fsp3) is 0.571. The molecule has 0 spiro atoms. The van der Waals surface area contributed by atoms with Gasteiger partial charge < -0.3 is 15.3 Å². The number of para-hydroxylation sites is 1. The molecule has 1 aromatic carbocycles. The summed E-state index contributed by atoms with van der Waals surface area (Å²) in [5.74, 6) is -0.0258. The molecular weight excluding hydrogens is 428 g/mol. The molecular formula is C28H34N2O4. The topological polar surface area (TPSA) is 95.6 Å². The number of allylic oxidation sites excluding steroid dienone is 1. The highest BCUT2D eigenvalue weighted by molar-refractivity contribution is 5.89. The maximum absolute atomic E-state index is 12.6. The van der Waals surface area contributed by atoms with E-state index < -0.39 is 29.5 Å². The van der Waals surface area contributed by atoms with Crippen LogP contribution in [0.15, 0.2) is 42.1 Å². The second-order valence-electron chi connectivity index (χ2n) is 11.6. The number of aliphatic hydroxyl groups excluding tert-OH is 2. The van der Waals surface area contributed by atoms with Gasteiger partial charge in [-0.05, 0) is 85.5 Å². The summed E-state index contributed by atoms with van der Waals surface area (Å²) in [5.41, 5.74) is 2.19. The molecule has 0 unspecified atom stereocenters. The molecule has 1 aromatic heterocycles. The molecule has 6 nitrogen and oxygen atoms in total. The smallest absolute Gasteiger partial charge is 0.190 e. The largest absolute Gasteiger partial charge is 0.393 e. The number of fused-ring (bicyclic) bond motifs is 6. The summed E-state index contributed by atoms with van der Waals surface area (Å²) in [6.07, 6.45) is 8.01. The van der Waals surface area contributed by atoms with Crippen molar-refractivity contribution in [2.45, 2.75) is 64.1 Å². The zero-order valence-corrected chi connectivity index (χ0v) is 19.9. The van der Waals surface area contributed by atoms with Crippen LogP contribution >= 0.6 is 0 Å². The van der Waals surface area contributed by atoms with Gasteiger partial charge in [-0.1, -0.05) is 37.6 Å². The van der Waals surface area contributed by atoms with Crippen LogP contribution in [0, 0.1) is 28.6 Å². The molecule has 6 heteroatoms. The lowest BCUT2D eigenvalue weighted by Gasteiger charge is -2.60. The van der Waals surface area contributed by atoms with Crippen LogP contribution in [-0.4, -0.2) is 49.2 Å². The molecule has 3 N–H and O–H groups in total. The van der Waals surface area contributed by atoms with Gasteiger partial charge in [0, 0.05) is 11.6 Å². The predicted octanol–water partition coefficient (Wildman–Crippen LogP) is 3.32. The first kappa shape index (κ1) is 22.2. The van der Waals surface area contributed by atoms with Crippen LogP contribution in [0.3, 0.4) is 0 Å². The minimum Gasteiger partial charge on any atom is -0.393 e. The highest BCUT2D eigenvalue weighted by atomic mass is 16.3. The molecule has 4 aliphatic rings. The number of ketones is 1. The molecule has 2 aromatic rings. The van der Waals surface area contributed by atoms with Gasteiger partial charge in [0.25, 0.3) is 0 Å². The van der Waals surface area contributed by atoms with Crippen molar-refractivity contribution in [3.8, 4) is 5.69 Å². The minimum atomic E-state index is -1.55. The molecule has 0 aliphatic heterocycles. The zero-order valence-electron chi connectivity index (χ0n) is 19.9. The number of rotatable bonds is 3. The van der Waals surface area contributed by atoms with E-state index in [9.17, 15) is 20.1 Å². The molecule has 1 heterocycles. The van der Waals surface area contributed by atoms with Crippen molar-refractivity contribution < 1.29 is 20.1 Å². The summed E-state index contributed by atoms with van der Waals surface area (Å²) < 4.78 is 1.95. The van der Waals surface area contributed by atoms with Gasteiger partial charge in [0.1, 0.15) is 12.2 Å². The third-order valence-corrected chi connectivity index (χ3v) is 10.1. The Balaban J connectivity index is 1.36. The normalized spacial score (nSPS) is 40.6. The van der Waals surface area contributed by atoms with Crippen molar-refractivity contribution in [1.82, 2.24) is 9.78 Å². The third-order valence-electron chi connectivity index (χ3n) is 10.1. The second kappa shape index (κ2) is 7.36. The van der Waals surface area contributed by atoms with Crippen LogP contribution in [0.25, 0.3) is 11.8 Å². The molecule has 0 saturated heterocycles. The molecule has 0 bridgehead atoms. The lowest BCUT2D eigenvalue weighted by Crippen LogP contribution is -2.62. The zero-order chi connectivity index (χ0) is 23.9. The number of carbonyl (C=O) groups is 1. The summed E-state index contributed by atoms with van der Waals surface area (Å²) in [5, 5.41) is 37.4. The van der Waals surface area contributed by atoms with E-state index in [-0.39, 0.29) is 23.2 Å². The monoisotopic (exact) mass is 462 g/mol. The van der Waals surface area contributed by atoms with E-state index in [4.69, 9.17) is 5.10 Å². The molecule has 7 atom stereocenters. The molecule has 0 amide bonds. The number of aromatic nitrogens is 2. The lowest BCUT2D eigenvalue weighted by molar-refractivity contribution is -0.181. The summed E-state index contributed by atoms with van der Waals surface area (Å²) in [4.78, 5) is 12.6.